The first kappa shape index (κ1) is 50.0. The lowest BCUT2D eigenvalue weighted by atomic mass is 9.97. The maximum absolute atomic E-state index is 2.52. The molecular formula is C62H84S2. The van der Waals surface area contributed by atoms with Crippen LogP contribution in [0.3, 0.4) is 0 Å². The molecule has 0 aliphatic rings. The number of fused-ring (bicyclic) bond motifs is 3. The molecule has 0 amide bonds. The van der Waals surface area contributed by atoms with Crippen molar-refractivity contribution >= 4 is 79.3 Å². The van der Waals surface area contributed by atoms with E-state index in [0.29, 0.717) is 0 Å². The molecule has 2 aromatic heterocycles. The van der Waals surface area contributed by atoms with Crippen molar-refractivity contribution in [3.05, 3.63) is 115 Å². The van der Waals surface area contributed by atoms with Crippen LogP contribution in [0, 0.1) is 0 Å². The minimum Gasteiger partial charge on any atom is -0.141 e. The summed E-state index contributed by atoms with van der Waals surface area (Å²) in [5, 5.41) is 7.88. The summed E-state index contributed by atoms with van der Waals surface area (Å²) >= 11 is 4.10. The fourth-order valence-electron chi connectivity index (χ4n) is 9.66. The quantitative estimate of drug-likeness (QED) is 0.0292. The number of hydrogen-bond acceptors (Lipinski definition) is 2. The molecule has 0 radical (unpaired) electrons. The zero-order valence-corrected chi connectivity index (χ0v) is 42.5. The molecule has 0 aliphatic carbocycles. The third-order valence-corrected chi connectivity index (χ3v) is 16.0. The normalized spacial score (nSPS) is 12.1. The van der Waals surface area contributed by atoms with Gasteiger partial charge in [-0.3, -0.25) is 0 Å². The van der Waals surface area contributed by atoms with E-state index in [1.807, 2.05) is 22.7 Å². The standard InChI is InChI=1S/C62H84S2/c1-5-9-13-17-21-25-29-53-47-59(63-61(53)31-27-23-19-15-11-7-3)39-35-49-33-37-51-43-58-46-56-42-50(34-38-52(56)44-57(58)45-55(51)41-49)36-40-60-48-54(30-26-22-18-14-10-6-2)62(64-60)32-28-24-20-16-12-8-4/h33-48H,5-32H2,1-4H3/b39-35+,40-36+. The predicted octanol–water partition coefficient (Wildman–Crippen LogP) is 21.2. The molecule has 0 N–H and O–H groups in total. The van der Waals surface area contributed by atoms with E-state index in [1.54, 1.807) is 20.9 Å². The molecule has 0 aliphatic heterocycles. The van der Waals surface area contributed by atoms with Crippen LogP contribution < -0.4 is 0 Å². The molecule has 344 valence electrons. The van der Waals surface area contributed by atoms with Crippen molar-refractivity contribution < 1.29 is 0 Å². The lowest BCUT2D eigenvalue weighted by molar-refractivity contribution is 0.601. The highest BCUT2D eigenvalue weighted by Crippen LogP contribution is 2.33. The molecule has 0 nitrogen and oxygen atoms in total. The number of thiophene rings is 2. The van der Waals surface area contributed by atoms with Gasteiger partial charge in [0, 0.05) is 19.5 Å². The first-order valence-electron chi connectivity index (χ1n) is 26.6. The Balaban J connectivity index is 1.12. The maximum Gasteiger partial charge on any atom is 0.0276 e. The number of benzene rings is 4. The van der Waals surface area contributed by atoms with Gasteiger partial charge < -0.3 is 0 Å². The molecule has 6 aromatic rings. The zero-order valence-electron chi connectivity index (χ0n) is 40.9. The molecule has 0 saturated carbocycles. The largest absolute Gasteiger partial charge is 0.141 e. The van der Waals surface area contributed by atoms with Crippen LogP contribution in [0.25, 0.3) is 56.6 Å². The fraction of sp³-hybridized carbons (Fsp3) is 0.516. The predicted molar refractivity (Wildman–Crippen MR) is 294 cm³/mol. The van der Waals surface area contributed by atoms with E-state index in [1.165, 1.54) is 233 Å². The first-order valence-corrected chi connectivity index (χ1v) is 28.2. The van der Waals surface area contributed by atoms with Crippen molar-refractivity contribution in [2.24, 2.45) is 0 Å². The average molecular weight is 893 g/mol. The van der Waals surface area contributed by atoms with Crippen LogP contribution in [0.1, 0.15) is 224 Å². The monoisotopic (exact) mass is 893 g/mol. The third kappa shape index (κ3) is 16.5. The van der Waals surface area contributed by atoms with Gasteiger partial charge in [-0.1, -0.05) is 193 Å². The van der Waals surface area contributed by atoms with E-state index in [2.05, 4.69) is 125 Å². The topological polar surface area (TPSA) is 0 Å². The SMILES string of the molecule is CCCCCCCCc1cc(/C=C/c2ccc3cc4cc5cc(/C=C/c6cc(CCCCCCCC)c(CCCCCCCC)s6)ccc5cc4cc3c2)sc1CCCCCCCC. The van der Waals surface area contributed by atoms with Gasteiger partial charge in [0.05, 0.1) is 0 Å². The Bertz CT molecular complexity index is 2080. The molecule has 0 saturated heterocycles. The Morgan fingerprint density at radius 3 is 0.984 bits per heavy atom. The van der Waals surface area contributed by atoms with Crippen molar-refractivity contribution in [1.82, 2.24) is 0 Å². The van der Waals surface area contributed by atoms with Gasteiger partial charge in [0.2, 0.25) is 0 Å². The fourth-order valence-corrected chi connectivity index (χ4v) is 12.0. The average Bonchev–Trinajstić information content (AvgIpc) is 3.90. The van der Waals surface area contributed by atoms with Gasteiger partial charge in [-0.2, -0.15) is 0 Å². The van der Waals surface area contributed by atoms with Crippen LogP contribution in [0.15, 0.2) is 72.8 Å². The summed E-state index contributed by atoms with van der Waals surface area (Å²) in [6.45, 7) is 9.25. The van der Waals surface area contributed by atoms with Gasteiger partial charge in [0.25, 0.3) is 0 Å². The second kappa shape index (κ2) is 28.5. The zero-order chi connectivity index (χ0) is 44.6. The molecule has 2 heteroatoms. The van der Waals surface area contributed by atoms with E-state index in [0.717, 1.165) is 0 Å². The second-order valence-electron chi connectivity index (χ2n) is 19.2. The molecule has 0 spiro atoms. The van der Waals surface area contributed by atoms with E-state index in [-0.39, 0.29) is 0 Å². The summed E-state index contributed by atoms with van der Waals surface area (Å²) in [7, 11) is 0. The first-order chi connectivity index (χ1) is 31.6. The van der Waals surface area contributed by atoms with Crippen LogP contribution in [-0.4, -0.2) is 0 Å². The summed E-state index contributed by atoms with van der Waals surface area (Å²) < 4.78 is 0. The van der Waals surface area contributed by atoms with Crippen LogP contribution in [0.5, 0.6) is 0 Å². The molecular weight excluding hydrogens is 809 g/mol. The molecule has 4 aromatic carbocycles. The van der Waals surface area contributed by atoms with Crippen molar-refractivity contribution in [2.45, 2.75) is 207 Å². The summed E-state index contributed by atoms with van der Waals surface area (Å²) in [5.74, 6) is 0. The lowest BCUT2D eigenvalue weighted by Gasteiger charge is -2.07. The second-order valence-corrected chi connectivity index (χ2v) is 21.5. The third-order valence-electron chi connectivity index (χ3n) is 13.6. The van der Waals surface area contributed by atoms with Gasteiger partial charge in [-0.15, -0.1) is 22.7 Å². The van der Waals surface area contributed by atoms with Crippen molar-refractivity contribution in [3.63, 3.8) is 0 Å². The Kier molecular flexibility index (Phi) is 22.3. The van der Waals surface area contributed by atoms with Crippen molar-refractivity contribution in [2.75, 3.05) is 0 Å². The Labute approximate surface area is 399 Å². The number of rotatable bonds is 32. The van der Waals surface area contributed by atoms with E-state index >= 15 is 0 Å². The van der Waals surface area contributed by atoms with E-state index < -0.39 is 0 Å². The molecule has 0 bridgehead atoms. The summed E-state index contributed by atoms with van der Waals surface area (Å²) in [4.78, 5) is 6.12. The van der Waals surface area contributed by atoms with Gasteiger partial charge >= 0.3 is 0 Å². The highest BCUT2D eigenvalue weighted by atomic mass is 32.1. The Morgan fingerprint density at radius 1 is 0.297 bits per heavy atom. The van der Waals surface area contributed by atoms with Crippen LogP contribution in [-0.2, 0) is 25.7 Å². The molecule has 64 heavy (non-hydrogen) atoms. The highest BCUT2D eigenvalue weighted by molar-refractivity contribution is 7.13. The van der Waals surface area contributed by atoms with Gasteiger partial charge in [0.15, 0.2) is 0 Å². The highest BCUT2D eigenvalue weighted by Gasteiger charge is 2.11. The molecule has 6 rings (SSSR count). The van der Waals surface area contributed by atoms with Crippen molar-refractivity contribution in [3.8, 4) is 0 Å². The van der Waals surface area contributed by atoms with E-state index in [9.17, 15) is 0 Å². The van der Waals surface area contributed by atoms with Crippen LogP contribution in [0.4, 0.5) is 0 Å². The minimum absolute atomic E-state index is 1.24. The summed E-state index contributed by atoms with van der Waals surface area (Å²) in [6.07, 6.45) is 47.2. The lowest BCUT2D eigenvalue weighted by Crippen LogP contribution is -1.91. The van der Waals surface area contributed by atoms with E-state index in [4.69, 9.17) is 0 Å². The molecule has 2 heterocycles. The smallest absolute Gasteiger partial charge is 0.0276 e. The number of hydrogen-bond donors (Lipinski definition) is 0. The Morgan fingerprint density at radius 2 is 0.609 bits per heavy atom. The Hall–Kier alpha value is -3.46. The summed E-state index contributed by atoms with van der Waals surface area (Å²) in [5.41, 5.74) is 5.80. The molecule has 0 fully saturated rings. The maximum atomic E-state index is 2.52. The van der Waals surface area contributed by atoms with Gasteiger partial charge in [-0.05, 0) is 167 Å². The minimum atomic E-state index is 1.24. The molecule has 0 atom stereocenters. The van der Waals surface area contributed by atoms with Crippen LogP contribution in [0.2, 0.25) is 0 Å². The van der Waals surface area contributed by atoms with Gasteiger partial charge in [0.1, 0.15) is 0 Å². The van der Waals surface area contributed by atoms with Crippen LogP contribution >= 0.6 is 22.7 Å². The number of aryl methyl sites for hydroxylation is 4. The number of unbranched alkanes of at least 4 members (excludes halogenated alkanes) is 20. The van der Waals surface area contributed by atoms with Crippen molar-refractivity contribution in [1.29, 1.82) is 0 Å². The molecule has 0 unspecified atom stereocenters. The summed E-state index contributed by atoms with van der Waals surface area (Å²) in [6, 6.07) is 28.6. The van der Waals surface area contributed by atoms with Gasteiger partial charge in [-0.25, -0.2) is 0 Å².